The van der Waals surface area contributed by atoms with Crippen molar-refractivity contribution < 1.29 is 17.6 Å². The number of benzene rings is 1. The number of rotatable bonds is 2. The molecule has 0 radical (unpaired) electrons. The normalized spacial score (nSPS) is 14.9. The van der Waals surface area contributed by atoms with E-state index in [1.807, 2.05) is 0 Å². The lowest BCUT2D eigenvalue weighted by atomic mass is 9.90. The SMILES string of the molecule is CC(C)(N)C(F)c1ccccc1C(F)(F)F. The molecule has 1 aromatic carbocycles. The highest BCUT2D eigenvalue weighted by Crippen LogP contribution is 2.38. The molecule has 0 saturated heterocycles. The Hall–Kier alpha value is -1.10. The molecule has 2 N–H and O–H groups in total. The first-order valence-electron chi connectivity index (χ1n) is 4.73. The van der Waals surface area contributed by atoms with Gasteiger partial charge in [0.25, 0.3) is 0 Å². The van der Waals surface area contributed by atoms with Gasteiger partial charge < -0.3 is 5.73 Å². The van der Waals surface area contributed by atoms with Gasteiger partial charge in [-0.05, 0) is 25.5 Å². The summed E-state index contributed by atoms with van der Waals surface area (Å²) < 4.78 is 51.6. The minimum absolute atomic E-state index is 0.414. The summed E-state index contributed by atoms with van der Waals surface area (Å²) in [6.45, 7) is 2.70. The molecule has 0 aliphatic carbocycles. The van der Waals surface area contributed by atoms with Crippen LogP contribution in [-0.4, -0.2) is 5.54 Å². The number of halogens is 4. The maximum absolute atomic E-state index is 13.8. The lowest BCUT2D eigenvalue weighted by molar-refractivity contribution is -0.139. The summed E-state index contributed by atoms with van der Waals surface area (Å²) in [6, 6.07) is 4.56. The zero-order valence-electron chi connectivity index (χ0n) is 8.98. The van der Waals surface area contributed by atoms with Crippen LogP contribution in [0.2, 0.25) is 0 Å². The molecule has 1 rings (SSSR count). The lowest BCUT2D eigenvalue weighted by Crippen LogP contribution is -2.38. The predicted molar refractivity (Wildman–Crippen MR) is 53.6 cm³/mol. The molecule has 1 unspecified atom stereocenters. The Morgan fingerprint density at radius 3 is 2.06 bits per heavy atom. The Kier molecular flexibility index (Phi) is 3.28. The number of nitrogens with two attached hydrogens (primary N) is 1. The van der Waals surface area contributed by atoms with E-state index in [1.54, 1.807) is 0 Å². The van der Waals surface area contributed by atoms with Crippen molar-refractivity contribution >= 4 is 0 Å². The smallest absolute Gasteiger partial charge is 0.323 e. The second-order valence-electron chi connectivity index (χ2n) is 4.27. The van der Waals surface area contributed by atoms with Crippen LogP contribution in [0.4, 0.5) is 17.6 Å². The molecule has 1 aromatic rings. The largest absolute Gasteiger partial charge is 0.416 e. The molecule has 1 nitrogen and oxygen atoms in total. The minimum Gasteiger partial charge on any atom is -0.323 e. The average molecular weight is 235 g/mol. The summed E-state index contributed by atoms with van der Waals surface area (Å²) >= 11 is 0. The third kappa shape index (κ3) is 2.72. The molecule has 0 amide bonds. The highest BCUT2D eigenvalue weighted by molar-refractivity contribution is 5.33. The first-order valence-corrected chi connectivity index (χ1v) is 4.73. The van der Waals surface area contributed by atoms with E-state index in [0.29, 0.717) is 0 Å². The molecule has 0 heterocycles. The Bertz CT molecular complexity index is 365. The van der Waals surface area contributed by atoms with Crippen molar-refractivity contribution in [1.29, 1.82) is 0 Å². The van der Waals surface area contributed by atoms with Gasteiger partial charge >= 0.3 is 6.18 Å². The van der Waals surface area contributed by atoms with E-state index in [-0.39, 0.29) is 0 Å². The molecular weight excluding hydrogens is 222 g/mol. The summed E-state index contributed by atoms with van der Waals surface area (Å²) in [7, 11) is 0. The van der Waals surface area contributed by atoms with Gasteiger partial charge in [-0.25, -0.2) is 4.39 Å². The predicted octanol–water partition coefficient (Wildman–Crippen LogP) is 3.45. The summed E-state index contributed by atoms with van der Waals surface area (Å²) in [4.78, 5) is 0. The average Bonchev–Trinajstić information content (AvgIpc) is 2.14. The topological polar surface area (TPSA) is 26.0 Å². The summed E-state index contributed by atoms with van der Waals surface area (Å²) in [5, 5.41) is 0. The van der Waals surface area contributed by atoms with Crippen LogP contribution in [-0.2, 0) is 6.18 Å². The first kappa shape index (κ1) is 13.0. The summed E-state index contributed by atoms with van der Waals surface area (Å²) in [5.41, 5.74) is 2.75. The molecule has 16 heavy (non-hydrogen) atoms. The van der Waals surface area contributed by atoms with E-state index in [4.69, 9.17) is 5.73 Å². The van der Waals surface area contributed by atoms with E-state index in [2.05, 4.69) is 0 Å². The van der Waals surface area contributed by atoms with Gasteiger partial charge in [-0.3, -0.25) is 0 Å². The highest BCUT2D eigenvalue weighted by Gasteiger charge is 2.38. The Morgan fingerprint density at radius 2 is 1.62 bits per heavy atom. The first-order chi connectivity index (χ1) is 7.14. The number of hydrogen-bond donors (Lipinski definition) is 1. The third-order valence-electron chi connectivity index (χ3n) is 2.19. The molecule has 0 fully saturated rings. The molecule has 0 aromatic heterocycles. The molecule has 1 atom stereocenters. The quantitative estimate of drug-likeness (QED) is 0.780. The fourth-order valence-electron chi connectivity index (χ4n) is 1.38. The number of alkyl halides is 4. The summed E-state index contributed by atoms with van der Waals surface area (Å²) in [5.74, 6) is 0. The molecule has 0 aliphatic rings. The zero-order chi connectivity index (χ0) is 12.6. The van der Waals surface area contributed by atoms with Crippen molar-refractivity contribution in [3.8, 4) is 0 Å². The van der Waals surface area contributed by atoms with E-state index in [0.717, 1.165) is 12.1 Å². The second-order valence-corrected chi connectivity index (χ2v) is 4.27. The molecular formula is C11H13F4N. The maximum atomic E-state index is 13.8. The van der Waals surface area contributed by atoms with Crippen molar-refractivity contribution in [3.63, 3.8) is 0 Å². The van der Waals surface area contributed by atoms with Gasteiger partial charge in [0.1, 0.15) is 6.17 Å². The van der Waals surface area contributed by atoms with Crippen LogP contribution in [0.15, 0.2) is 24.3 Å². The van der Waals surface area contributed by atoms with E-state index < -0.39 is 29.0 Å². The van der Waals surface area contributed by atoms with Crippen LogP contribution in [0, 0.1) is 0 Å². The third-order valence-corrected chi connectivity index (χ3v) is 2.19. The van der Waals surface area contributed by atoms with Gasteiger partial charge in [0, 0.05) is 5.54 Å². The summed E-state index contributed by atoms with van der Waals surface area (Å²) in [6.07, 6.45) is -6.42. The van der Waals surface area contributed by atoms with Gasteiger partial charge in [-0.2, -0.15) is 13.2 Å². The van der Waals surface area contributed by atoms with Gasteiger partial charge in [-0.15, -0.1) is 0 Å². The van der Waals surface area contributed by atoms with Gasteiger partial charge in [0.15, 0.2) is 0 Å². The molecule has 0 saturated carbocycles. The Balaban J connectivity index is 3.25. The van der Waals surface area contributed by atoms with E-state index in [1.165, 1.54) is 26.0 Å². The van der Waals surface area contributed by atoms with Crippen LogP contribution in [0.3, 0.4) is 0 Å². The molecule has 0 spiro atoms. The number of hydrogen-bond acceptors (Lipinski definition) is 1. The highest BCUT2D eigenvalue weighted by atomic mass is 19.4. The minimum atomic E-state index is -4.56. The monoisotopic (exact) mass is 235 g/mol. The van der Waals surface area contributed by atoms with Gasteiger partial charge in [0.05, 0.1) is 5.56 Å². The van der Waals surface area contributed by atoms with Crippen molar-refractivity contribution in [3.05, 3.63) is 35.4 Å². The molecule has 90 valence electrons. The van der Waals surface area contributed by atoms with Crippen molar-refractivity contribution in [2.75, 3.05) is 0 Å². The van der Waals surface area contributed by atoms with Crippen LogP contribution in [0.1, 0.15) is 31.1 Å². The van der Waals surface area contributed by atoms with Crippen LogP contribution >= 0.6 is 0 Å². The van der Waals surface area contributed by atoms with Gasteiger partial charge in [-0.1, -0.05) is 18.2 Å². The van der Waals surface area contributed by atoms with Crippen LogP contribution in [0.5, 0.6) is 0 Å². The fraction of sp³-hybridized carbons (Fsp3) is 0.455. The van der Waals surface area contributed by atoms with Crippen molar-refractivity contribution in [1.82, 2.24) is 0 Å². The zero-order valence-corrected chi connectivity index (χ0v) is 8.98. The van der Waals surface area contributed by atoms with Crippen molar-refractivity contribution in [2.24, 2.45) is 5.73 Å². The lowest BCUT2D eigenvalue weighted by Gasteiger charge is -2.26. The standard InChI is InChI=1S/C11H13F4N/c1-10(2,16)9(12)7-5-3-4-6-8(7)11(13,14)15/h3-6,9H,16H2,1-2H3. The van der Waals surface area contributed by atoms with Crippen molar-refractivity contribution in [2.45, 2.75) is 31.7 Å². The van der Waals surface area contributed by atoms with Crippen LogP contribution in [0.25, 0.3) is 0 Å². The Morgan fingerprint density at radius 1 is 1.12 bits per heavy atom. The van der Waals surface area contributed by atoms with E-state index in [9.17, 15) is 17.6 Å². The second kappa shape index (κ2) is 4.05. The maximum Gasteiger partial charge on any atom is 0.416 e. The molecule has 0 bridgehead atoms. The Labute approximate surface area is 91.3 Å². The fourth-order valence-corrected chi connectivity index (χ4v) is 1.38. The van der Waals surface area contributed by atoms with Gasteiger partial charge in [0.2, 0.25) is 0 Å². The van der Waals surface area contributed by atoms with Crippen LogP contribution < -0.4 is 5.73 Å². The van der Waals surface area contributed by atoms with E-state index >= 15 is 0 Å². The molecule has 0 aliphatic heterocycles. The molecule has 5 heteroatoms.